The molecule has 15 heavy (non-hydrogen) atoms. The Morgan fingerprint density at radius 1 is 1.13 bits per heavy atom. The summed E-state index contributed by atoms with van der Waals surface area (Å²) < 4.78 is 0. The van der Waals surface area contributed by atoms with E-state index in [2.05, 4.69) is 37.9 Å². The molecule has 0 radical (unpaired) electrons. The second-order valence-corrected chi connectivity index (χ2v) is 4.22. The van der Waals surface area contributed by atoms with Crippen molar-refractivity contribution < 1.29 is 0 Å². The number of aryl methyl sites for hydroxylation is 3. The van der Waals surface area contributed by atoms with Gasteiger partial charge in [0.1, 0.15) is 0 Å². The molecule has 3 N–H and O–H groups in total. The first kappa shape index (κ1) is 10.2. The van der Waals surface area contributed by atoms with Gasteiger partial charge in [0.15, 0.2) is 0 Å². The first-order valence-corrected chi connectivity index (χ1v) is 5.42. The molecule has 2 aromatic rings. The lowest BCUT2D eigenvalue weighted by Crippen LogP contribution is -2.03. The number of H-pyrrole nitrogens is 1. The SMILES string of the molecule is Cc1ccc(C)c2c(C)c(CCN)[nH]c12. The molecule has 2 nitrogen and oxygen atoms in total. The Morgan fingerprint density at radius 3 is 2.40 bits per heavy atom. The van der Waals surface area contributed by atoms with Gasteiger partial charge in [0.2, 0.25) is 0 Å². The van der Waals surface area contributed by atoms with Crippen LogP contribution in [0.3, 0.4) is 0 Å². The number of rotatable bonds is 2. The van der Waals surface area contributed by atoms with E-state index < -0.39 is 0 Å². The van der Waals surface area contributed by atoms with Gasteiger partial charge < -0.3 is 10.7 Å². The number of nitrogens with two attached hydrogens (primary N) is 1. The molecule has 0 unspecified atom stereocenters. The highest BCUT2D eigenvalue weighted by molar-refractivity contribution is 5.89. The summed E-state index contributed by atoms with van der Waals surface area (Å²) in [4.78, 5) is 3.49. The second kappa shape index (κ2) is 3.70. The predicted octanol–water partition coefficient (Wildman–Crippen LogP) is 2.59. The van der Waals surface area contributed by atoms with Crippen LogP contribution in [0.1, 0.15) is 22.4 Å². The number of hydrogen-bond acceptors (Lipinski definition) is 1. The third kappa shape index (κ3) is 1.55. The fourth-order valence-corrected chi connectivity index (χ4v) is 2.25. The van der Waals surface area contributed by atoms with Crippen molar-refractivity contribution in [2.24, 2.45) is 5.73 Å². The fraction of sp³-hybridized carbons (Fsp3) is 0.385. The maximum absolute atomic E-state index is 5.61. The average molecular weight is 202 g/mol. The van der Waals surface area contributed by atoms with Gasteiger partial charge in [-0.3, -0.25) is 0 Å². The monoisotopic (exact) mass is 202 g/mol. The average Bonchev–Trinajstić information content (AvgIpc) is 2.53. The molecule has 1 aromatic carbocycles. The van der Waals surface area contributed by atoms with E-state index in [-0.39, 0.29) is 0 Å². The highest BCUT2D eigenvalue weighted by Gasteiger charge is 2.10. The molecule has 2 heteroatoms. The molecule has 2 rings (SSSR count). The number of hydrogen-bond donors (Lipinski definition) is 2. The highest BCUT2D eigenvalue weighted by atomic mass is 14.7. The van der Waals surface area contributed by atoms with Crippen molar-refractivity contribution >= 4 is 10.9 Å². The number of aromatic amines is 1. The molecular formula is C13H18N2. The summed E-state index contributed by atoms with van der Waals surface area (Å²) in [6.45, 7) is 7.18. The zero-order chi connectivity index (χ0) is 11.0. The Morgan fingerprint density at radius 2 is 1.80 bits per heavy atom. The number of nitrogens with one attached hydrogen (secondary N) is 1. The van der Waals surface area contributed by atoms with Crippen molar-refractivity contribution in [2.75, 3.05) is 6.54 Å². The van der Waals surface area contributed by atoms with Gasteiger partial charge in [-0.25, -0.2) is 0 Å². The zero-order valence-corrected chi connectivity index (χ0v) is 9.65. The maximum Gasteiger partial charge on any atom is 0.0491 e. The van der Waals surface area contributed by atoms with Gasteiger partial charge in [-0.15, -0.1) is 0 Å². The highest BCUT2D eigenvalue weighted by Crippen LogP contribution is 2.27. The molecule has 0 aliphatic rings. The van der Waals surface area contributed by atoms with Crippen LogP contribution in [0.4, 0.5) is 0 Å². The van der Waals surface area contributed by atoms with Crippen LogP contribution in [0.25, 0.3) is 10.9 Å². The number of fused-ring (bicyclic) bond motifs is 1. The minimum Gasteiger partial charge on any atom is -0.358 e. The van der Waals surface area contributed by atoms with Gasteiger partial charge in [-0.1, -0.05) is 12.1 Å². The molecule has 0 aliphatic carbocycles. The summed E-state index contributed by atoms with van der Waals surface area (Å²) in [7, 11) is 0. The van der Waals surface area contributed by atoms with E-state index in [0.29, 0.717) is 6.54 Å². The van der Waals surface area contributed by atoms with Crippen LogP contribution in [-0.2, 0) is 6.42 Å². The third-order valence-electron chi connectivity index (χ3n) is 3.12. The summed E-state index contributed by atoms with van der Waals surface area (Å²) in [6, 6.07) is 4.35. The molecule has 1 heterocycles. The van der Waals surface area contributed by atoms with Crippen LogP contribution < -0.4 is 5.73 Å². The molecular weight excluding hydrogens is 184 g/mol. The van der Waals surface area contributed by atoms with Crippen LogP contribution in [0.15, 0.2) is 12.1 Å². The lowest BCUT2D eigenvalue weighted by atomic mass is 10.0. The maximum atomic E-state index is 5.61. The minimum absolute atomic E-state index is 0.700. The topological polar surface area (TPSA) is 41.8 Å². The fourth-order valence-electron chi connectivity index (χ4n) is 2.25. The molecule has 0 fully saturated rings. The van der Waals surface area contributed by atoms with Crippen molar-refractivity contribution in [1.29, 1.82) is 0 Å². The minimum atomic E-state index is 0.700. The summed E-state index contributed by atoms with van der Waals surface area (Å²) in [5, 5.41) is 1.37. The van der Waals surface area contributed by atoms with Gasteiger partial charge in [0, 0.05) is 23.0 Å². The summed E-state index contributed by atoms with van der Waals surface area (Å²) in [5.74, 6) is 0. The first-order chi connectivity index (χ1) is 7.15. The Balaban J connectivity index is 2.75. The van der Waals surface area contributed by atoms with Crippen LogP contribution in [0.5, 0.6) is 0 Å². The third-order valence-corrected chi connectivity index (χ3v) is 3.12. The van der Waals surface area contributed by atoms with Crippen molar-refractivity contribution in [1.82, 2.24) is 4.98 Å². The number of aromatic nitrogens is 1. The summed E-state index contributed by atoms with van der Waals surface area (Å²) in [6.07, 6.45) is 0.930. The summed E-state index contributed by atoms with van der Waals surface area (Å²) >= 11 is 0. The van der Waals surface area contributed by atoms with Gasteiger partial charge >= 0.3 is 0 Å². The molecule has 1 aromatic heterocycles. The quantitative estimate of drug-likeness (QED) is 0.772. The Labute approximate surface area is 90.5 Å². The Bertz CT molecular complexity index is 495. The van der Waals surface area contributed by atoms with Crippen molar-refractivity contribution in [3.8, 4) is 0 Å². The first-order valence-electron chi connectivity index (χ1n) is 5.42. The van der Waals surface area contributed by atoms with Crippen LogP contribution in [-0.4, -0.2) is 11.5 Å². The van der Waals surface area contributed by atoms with Crippen LogP contribution in [0.2, 0.25) is 0 Å². The lowest BCUT2D eigenvalue weighted by molar-refractivity contribution is 0.929. The van der Waals surface area contributed by atoms with Crippen molar-refractivity contribution in [3.05, 3.63) is 34.5 Å². The largest absolute Gasteiger partial charge is 0.358 e. The van der Waals surface area contributed by atoms with E-state index >= 15 is 0 Å². The zero-order valence-electron chi connectivity index (χ0n) is 9.65. The van der Waals surface area contributed by atoms with Gasteiger partial charge in [-0.2, -0.15) is 0 Å². The normalized spacial score (nSPS) is 11.2. The van der Waals surface area contributed by atoms with E-state index in [0.717, 1.165) is 6.42 Å². The smallest absolute Gasteiger partial charge is 0.0491 e. The van der Waals surface area contributed by atoms with E-state index in [1.165, 1.54) is 33.3 Å². The molecule has 0 bridgehead atoms. The summed E-state index contributed by atoms with van der Waals surface area (Å²) in [5.41, 5.74) is 12.2. The van der Waals surface area contributed by atoms with Crippen molar-refractivity contribution in [2.45, 2.75) is 27.2 Å². The molecule has 0 spiro atoms. The molecule has 80 valence electrons. The van der Waals surface area contributed by atoms with Crippen LogP contribution >= 0.6 is 0 Å². The Kier molecular flexibility index (Phi) is 2.53. The number of benzene rings is 1. The molecule has 0 saturated heterocycles. The second-order valence-electron chi connectivity index (χ2n) is 4.22. The standard InChI is InChI=1S/C13H18N2/c1-8-4-5-9(2)13-12(8)10(3)11(15-13)6-7-14/h4-5,15H,6-7,14H2,1-3H3. The van der Waals surface area contributed by atoms with E-state index in [4.69, 9.17) is 5.73 Å². The predicted molar refractivity (Wildman–Crippen MR) is 65.3 cm³/mol. The molecule has 0 saturated carbocycles. The van der Waals surface area contributed by atoms with Crippen molar-refractivity contribution in [3.63, 3.8) is 0 Å². The van der Waals surface area contributed by atoms with Crippen LogP contribution in [0, 0.1) is 20.8 Å². The Hall–Kier alpha value is -1.28. The van der Waals surface area contributed by atoms with E-state index in [1.807, 2.05) is 0 Å². The van der Waals surface area contributed by atoms with E-state index in [9.17, 15) is 0 Å². The molecule has 0 atom stereocenters. The lowest BCUT2D eigenvalue weighted by Gasteiger charge is -2.00. The van der Waals surface area contributed by atoms with Gasteiger partial charge in [0.05, 0.1) is 0 Å². The molecule has 0 aliphatic heterocycles. The van der Waals surface area contributed by atoms with E-state index in [1.54, 1.807) is 0 Å². The van der Waals surface area contributed by atoms with Gasteiger partial charge in [-0.05, 0) is 44.0 Å². The van der Waals surface area contributed by atoms with Gasteiger partial charge in [0.25, 0.3) is 0 Å². The molecule has 0 amide bonds.